The molecule has 4 rings (SSSR count). The van der Waals surface area contributed by atoms with Crippen molar-refractivity contribution in [2.24, 2.45) is 0 Å². The van der Waals surface area contributed by atoms with Gasteiger partial charge in [-0.15, -0.1) is 0 Å². The fraction of sp³-hybridized carbons (Fsp3) is 0.273. The van der Waals surface area contributed by atoms with Gasteiger partial charge in [-0.1, -0.05) is 24.3 Å². The van der Waals surface area contributed by atoms with Crippen molar-refractivity contribution >= 4 is 38.4 Å². The molecule has 2 heterocycles. The number of amides is 1. The smallest absolute Gasteiger partial charge is 0.256 e. The third-order valence-corrected chi connectivity index (χ3v) is 7.81. The predicted molar refractivity (Wildman–Crippen MR) is 116 cm³/mol. The van der Waals surface area contributed by atoms with Crippen LogP contribution in [0.2, 0.25) is 0 Å². The molecule has 0 aliphatic carbocycles. The number of nitrogens with zero attached hydrogens (tertiary/aromatic N) is 2. The molecule has 1 fully saturated rings. The number of carbonyl (C=O) groups is 1. The Morgan fingerprint density at radius 2 is 1.69 bits per heavy atom. The van der Waals surface area contributed by atoms with Crippen molar-refractivity contribution in [1.29, 1.82) is 0 Å². The molecule has 0 bridgehead atoms. The molecule has 3 aromatic rings. The highest BCUT2D eigenvalue weighted by Gasteiger charge is 2.30. The lowest BCUT2D eigenvalue weighted by Crippen LogP contribution is -2.38. The van der Waals surface area contributed by atoms with E-state index in [2.05, 4.69) is 4.98 Å². The topological polar surface area (TPSA) is 67.3 Å². The second-order valence-corrected chi connectivity index (χ2v) is 10.4. The quantitative estimate of drug-likeness (QED) is 0.636. The minimum absolute atomic E-state index is 0.0522. The van der Waals surface area contributed by atoms with Gasteiger partial charge in [0.25, 0.3) is 5.91 Å². The van der Waals surface area contributed by atoms with E-state index in [1.807, 2.05) is 26.0 Å². The van der Waals surface area contributed by atoms with Gasteiger partial charge in [-0.3, -0.25) is 9.78 Å². The van der Waals surface area contributed by atoms with Gasteiger partial charge in [0.15, 0.2) is 0 Å². The molecule has 1 amide bonds. The average molecular weight is 427 g/mol. The van der Waals surface area contributed by atoms with Gasteiger partial charge in [0.2, 0.25) is 9.84 Å². The van der Waals surface area contributed by atoms with Crippen molar-refractivity contribution in [2.45, 2.75) is 23.6 Å². The normalized spacial score (nSPS) is 14.9. The monoisotopic (exact) mass is 426 g/mol. The summed E-state index contributed by atoms with van der Waals surface area (Å²) in [6.45, 7) is 4.96. The summed E-state index contributed by atoms with van der Waals surface area (Å²) < 4.78 is 27.5. The summed E-state index contributed by atoms with van der Waals surface area (Å²) in [6, 6.07) is 12.3. The first-order chi connectivity index (χ1) is 13.9. The van der Waals surface area contributed by atoms with Crippen molar-refractivity contribution in [3.63, 3.8) is 0 Å². The summed E-state index contributed by atoms with van der Waals surface area (Å²) >= 11 is 1.80. The fourth-order valence-corrected chi connectivity index (χ4v) is 6.41. The third-order valence-electron chi connectivity index (χ3n) is 5.03. The molecule has 1 aliphatic rings. The van der Waals surface area contributed by atoms with Crippen LogP contribution in [0.15, 0.2) is 58.5 Å². The maximum Gasteiger partial charge on any atom is 0.256 e. The Labute approximate surface area is 175 Å². The summed E-state index contributed by atoms with van der Waals surface area (Å²) in [6.07, 6.45) is 1.42. The van der Waals surface area contributed by atoms with Crippen LogP contribution in [0.25, 0.3) is 10.9 Å². The van der Waals surface area contributed by atoms with E-state index >= 15 is 0 Å². The lowest BCUT2D eigenvalue weighted by molar-refractivity contribution is 0.0768. The van der Waals surface area contributed by atoms with E-state index in [0.717, 1.165) is 22.6 Å². The number of rotatable bonds is 3. The van der Waals surface area contributed by atoms with E-state index in [0.29, 0.717) is 24.0 Å². The first kappa shape index (κ1) is 19.9. The Kier molecular flexibility index (Phi) is 5.36. The van der Waals surface area contributed by atoms with E-state index in [1.54, 1.807) is 47.0 Å². The predicted octanol–water partition coefficient (Wildman–Crippen LogP) is 3.87. The molecule has 7 heteroatoms. The molecule has 29 heavy (non-hydrogen) atoms. The number of fused-ring (bicyclic) bond motifs is 1. The second kappa shape index (κ2) is 7.80. The van der Waals surface area contributed by atoms with E-state index in [-0.39, 0.29) is 21.3 Å². The molecular weight excluding hydrogens is 404 g/mol. The zero-order valence-corrected chi connectivity index (χ0v) is 18.0. The van der Waals surface area contributed by atoms with Gasteiger partial charge in [0.05, 0.1) is 20.9 Å². The zero-order chi connectivity index (χ0) is 20.6. The molecule has 5 nitrogen and oxygen atoms in total. The maximum atomic E-state index is 13.8. The van der Waals surface area contributed by atoms with Gasteiger partial charge in [0, 0.05) is 36.2 Å². The fourth-order valence-electron chi connectivity index (χ4n) is 3.70. The Balaban J connectivity index is 1.97. The third kappa shape index (κ3) is 3.76. The van der Waals surface area contributed by atoms with Crippen molar-refractivity contribution in [1.82, 2.24) is 9.88 Å². The van der Waals surface area contributed by atoms with Gasteiger partial charge in [0.1, 0.15) is 0 Å². The molecule has 0 atom stereocenters. The number of sulfone groups is 1. The van der Waals surface area contributed by atoms with Crippen LogP contribution in [-0.2, 0) is 9.84 Å². The summed E-state index contributed by atoms with van der Waals surface area (Å²) in [5.74, 6) is 1.43. The largest absolute Gasteiger partial charge is 0.337 e. The number of benzene rings is 2. The Bertz CT molecular complexity index is 1180. The Morgan fingerprint density at radius 3 is 2.38 bits per heavy atom. The van der Waals surface area contributed by atoms with Gasteiger partial charge >= 0.3 is 0 Å². The number of hydrogen-bond donors (Lipinski definition) is 0. The standard InChI is InChI=1S/C22H22N2O3S2/c1-15-11-16(2)13-17(12-15)29(26,27)21-18-5-3-4-6-20(18)23-14-19(21)22(25)24-7-9-28-10-8-24/h3-6,11-14H,7-10H2,1-2H3. The summed E-state index contributed by atoms with van der Waals surface area (Å²) in [5.41, 5.74) is 2.43. The molecule has 0 radical (unpaired) electrons. The van der Waals surface area contributed by atoms with Crippen LogP contribution in [0.5, 0.6) is 0 Å². The number of carbonyl (C=O) groups excluding carboxylic acids is 1. The van der Waals surface area contributed by atoms with E-state index < -0.39 is 9.84 Å². The van der Waals surface area contributed by atoms with Crippen LogP contribution in [0.3, 0.4) is 0 Å². The Hall–Kier alpha value is -2.38. The van der Waals surface area contributed by atoms with Crippen molar-refractivity contribution in [3.05, 3.63) is 65.4 Å². The molecule has 1 aliphatic heterocycles. The molecule has 0 spiro atoms. The molecule has 1 saturated heterocycles. The highest BCUT2D eigenvalue weighted by Crippen LogP contribution is 2.32. The van der Waals surface area contributed by atoms with E-state index in [4.69, 9.17) is 0 Å². The molecule has 0 N–H and O–H groups in total. The van der Waals surface area contributed by atoms with Gasteiger partial charge in [-0.05, 0) is 43.2 Å². The Morgan fingerprint density at radius 1 is 1.03 bits per heavy atom. The summed E-state index contributed by atoms with van der Waals surface area (Å²) in [7, 11) is -3.92. The molecule has 0 saturated carbocycles. The number of hydrogen-bond acceptors (Lipinski definition) is 5. The summed E-state index contributed by atoms with van der Waals surface area (Å²) in [4.78, 5) is 19.7. The molecular formula is C22H22N2O3S2. The average Bonchev–Trinajstić information content (AvgIpc) is 2.72. The molecule has 0 unspecified atom stereocenters. The highest BCUT2D eigenvalue weighted by molar-refractivity contribution is 7.99. The van der Waals surface area contributed by atoms with Crippen molar-refractivity contribution < 1.29 is 13.2 Å². The SMILES string of the molecule is Cc1cc(C)cc(S(=O)(=O)c2c(C(=O)N3CCSCC3)cnc3ccccc23)c1. The lowest BCUT2D eigenvalue weighted by Gasteiger charge is -2.27. The molecule has 150 valence electrons. The number of aryl methyl sites for hydroxylation is 2. The van der Waals surface area contributed by atoms with E-state index in [1.165, 1.54) is 6.20 Å². The minimum Gasteiger partial charge on any atom is -0.337 e. The van der Waals surface area contributed by atoms with Crippen molar-refractivity contribution in [3.8, 4) is 0 Å². The first-order valence-electron chi connectivity index (χ1n) is 9.46. The van der Waals surface area contributed by atoms with E-state index in [9.17, 15) is 13.2 Å². The lowest BCUT2D eigenvalue weighted by atomic mass is 10.1. The van der Waals surface area contributed by atoms with Crippen LogP contribution in [-0.4, -0.2) is 48.8 Å². The van der Waals surface area contributed by atoms with Crippen molar-refractivity contribution in [2.75, 3.05) is 24.6 Å². The van der Waals surface area contributed by atoms with Crippen LogP contribution in [0.1, 0.15) is 21.5 Å². The maximum absolute atomic E-state index is 13.8. The number of pyridine rings is 1. The van der Waals surface area contributed by atoms with Gasteiger partial charge in [-0.2, -0.15) is 11.8 Å². The number of aromatic nitrogens is 1. The van der Waals surface area contributed by atoms with Gasteiger partial charge in [-0.25, -0.2) is 8.42 Å². The number of thioether (sulfide) groups is 1. The first-order valence-corrected chi connectivity index (χ1v) is 12.1. The van der Waals surface area contributed by atoms with Crippen LogP contribution in [0, 0.1) is 13.8 Å². The molecule has 1 aromatic heterocycles. The second-order valence-electron chi connectivity index (χ2n) is 7.25. The van der Waals surface area contributed by atoms with Crippen LogP contribution in [0.4, 0.5) is 0 Å². The molecule has 2 aromatic carbocycles. The number of para-hydroxylation sites is 1. The minimum atomic E-state index is -3.92. The van der Waals surface area contributed by atoms with Crippen LogP contribution >= 0.6 is 11.8 Å². The summed E-state index contributed by atoms with van der Waals surface area (Å²) in [5, 5.41) is 0.476. The highest BCUT2D eigenvalue weighted by atomic mass is 32.2. The zero-order valence-electron chi connectivity index (χ0n) is 16.4. The van der Waals surface area contributed by atoms with Crippen LogP contribution < -0.4 is 0 Å². The van der Waals surface area contributed by atoms with Gasteiger partial charge < -0.3 is 4.90 Å².